The number of carboxylic acid groups (broad SMARTS) is 1. The highest BCUT2D eigenvalue weighted by atomic mass is 35.5. The molecule has 1 saturated carbocycles. The summed E-state index contributed by atoms with van der Waals surface area (Å²) in [5, 5.41) is 12.3. The first-order valence-electron chi connectivity index (χ1n) is 11.8. The Morgan fingerprint density at radius 1 is 1.03 bits per heavy atom. The van der Waals surface area contributed by atoms with Crippen LogP contribution in [0, 0.1) is 11.6 Å². The molecule has 0 bridgehead atoms. The minimum absolute atomic E-state index is 0.0507. The zero-order chi connectivity index (χ0) is 27.0. The predicted octanol–water partition coefficient (Wildman–Crippen LogP) is 8.44. The van der Waals surface area contributed by atoms with Gasteiger partial charge in [0.25, 0.3) is 0 Å². The van der Waals surface area contributed by atoms with Gasteiger partial charge in [-0.25, -0.2) is 13.6 Å². The Morgan fingerprint density at radius 2 is 1.71 bits per heavy atom. The van der Waals surface area contributed by atoms with Crippen molar-refractivity contribution < 1.29 is 28.2 Å². The van der Waals surface area contributed by atoms with E-state index in [0.717, 1.165) is 34.4 Å². The normalized spacial score (nSPS) is 14.5. The number of ether oxygens (including phenoxy) is 1. The van der Waals surface area contributed by atoms with Crippen LogP contribution in [0.1, 0.15) is 37.0 Å². The van der Waals surface area contributed by atoms with Crippen LogP contribution < -0.4 is 5.32 Å². The molecule has 5 rings (SSSR count). The number of hydrogen-bond donors (Lipinski definition) is 2. The van der Waals surface area contributed by atoms with Gasteiger partial charge in [0.15, 0.2) is 0 Å². The molecule has 1 amide bonds. The number of carboxylic acids is 1. The molecule has 0 spiro atoms. The van der Waals surface area contributed by atoms with Crippen molar-refractivity contribution in [2.75, 3.05) is 5.32 Å². The van der Waals surface area contributed by atoms with Gasteiger partial charge >= 0.3 is 12.1 Å². The Bertz CT molecular complexity index is 1530. The lowest BCUT2D eigenvalue weighted by Gasteiger charge is -2.16. The summed E-state index contributed by atoms with van der Waals surface area (Å²) in [5.74, 6) is -2.33. The van der Waals surface area contributed by atoms with Crippen molar-refractivity contribution in [3.05, 3.63) is 99.9 Å². The maximum absolute atomic E-state index is 14.1. The van der Waals surface area contributed by atoms with Gasteiger partial charge in [-0.15, -0.1) is 11.3 Å². The zero-order valence-electron chi connectivity index (χ0n) is 20.1. The van der Waals surface area contributed by atoms with Gasteiger partial charge in [-0.1, -0.05) is 60.1 Å². The summed E-state index contributed by atoms with van der Waals surface area (Å²) >= 11 is 7.60. The molecule has 3 aromatic carbocycles. The minimum Gasteiger partial charge on any atom is -0.481 e. The van der Waals surface area contributed by atoms with E-state index in [1.54, 1.807) is 6.07 Å². The number of hydrogen-bond acceptors (Lipinski definition) is 4. The lowest BCUT2D eigenvalue weighted by Crippen LogP contribution is -2.19. The van der Waals surface area contributed by atoms with E-state index in [2.05, 4.69) is 5.32 Å². The molecule has 38 heavy (non-hydrogen) atoms. The Hall–Kier alpha value is -3.75. The molecule has 194 valence electrons. The molecule has 2 N–H and O–H groups in total. The van der Waals surface area contributed by atoms with Crippen molar-refractivity contribution in [2.24, 2.45) is 0 Å². The SMILES string of the molecule is CC(OC(=O)Nc1cc(Cl)sc1-c1ccccc1-c1ccc(C2(C(=O)O)CC2)cc1)c1ccc(F)cc1F. The number of carbonyl (C=O) groups is 2. The molecule has 1 aromatic heterocycles. The summed E-state index contributed by atoms with van der Waals surface area (Å²) < 4.78 is 33.1. The predicted molar refractivity (Wildman–Crippen MR) is 144 cm³/mol. The molecule has 4 aromatic rings. The van der Waals surface area contributed by atoms with E-state index >= 15 is 0 Å². The topological polar surface area (TPSA) is 75.6 Å². The van der Waals surface area contributed by atoms with Crippen molar-refractivity contribution in [2.45, 2.75) is 31.3 Å². The molecule has 1 aliphatic rings. The number of halogens is 3. The van der Waals surface area contributed by atoms with E-state index < -0.39 is 35.2 Å². The molecule has 1 aliphatic carbocycles. The average molecular weight is 554 g/mol. The number of rotatable bonds is 7. The number of nitrogens with one attached hydrogen (secondary N) is 1. The summed E-state index contributed by atoms with van der Waals surface area (Å²) in [6, 6.07) is 19.8. The number of anilines is 1. The third-order valence-electron chi connectivity index (χ3n) is 6.70. The van der Waals surface area contributed by atoms with Crippen LogP contribution in [-0.4, -0.2) is 17.2 Å². The van der Waals surface area contributed by atoms with Crippen LogP contribution in [0.15, 0.2) is 72.8 Å². The maximum Gasteiger partial charge on any atom is 0.412 e. The van der Waals surface area contributed by atoms with E-state index in [0.29, 0.717) is 27.7 Å². The molecule has 1 atom stereocenters. The number of carbonyl (C=O) groups excluding carboxylic acids is 1. The minimum atomic E-state index is -0.959. The Kier molecular flexibility index (Phi) is 6.94. The summed E-state index contributed by atoms with van der Waals surface area (Å²) in [7, 11) is 0. The van der Waals surface area contributed by atoms with Crippen LogP contribution in [0.2, 0.25) is 4.34 Å². The number of amides is 1. The number of benzene rings is 3. The van der Waals surface area contributed by atoms with E-state index in [-0.39, 0.29) is 5.56 Å². The molecule has 9 heteroatoms. The van der Waals surface area contributed by atoms with Crippen molar-refractivity contribution in [3.63, 3.8) is 0 Å². The summed E-state index contributed by atoms with van der Waals surface area (Å²) in [4.78, 5) is 25.1. The van der Waals surface area contributed by atoms with Crippen molar-refractivity contribution in [1.82, 2.24) is 0 Å². The molecule has 0 saturated heterocycles. The lowest BCUT2D eigenvalue weighted by molar-refractivity contribution is -0.140. The Morgan fingerprint density at radius 3 is 2.34 bits per heavy atom. The fourth-order valence-corrected chi connectivity index (χ4v) is 5.72. The van der Waals surface area contributed by atoms with Gasteiger partial charge in [0, 0.05) is 17.2 Å². The first-order valence-corrected chi connectivity index (χ1v) is 13.0. The van der Waals surface area contributed by atoms with Crippen LogP contribution in [0.25, 0.3) is 21.6 Å². The second-order valence-corrected chi connectivity index (χ2v) is 10.8. The lowest BCUT2D eigenvalue weighted by atomic mass is 9.92. The first-order chi connectivity index (χ1) is 18.2. The van der Waals surface area contributed by atoms with Gasteiger partial charge < -0.3 is 9.84 Å². The van der Waals surface area contributed by atoms with Gasteiger partial charge in [-0.3, -0.25) is 10.1 Å². The van der Waals surface area contributed by atoms with Gasteiger partial charge in [0.05, 0.1) is 20.3 Å². The molecule has 5 nitrogen and oxygen atoms in total. The molecule has 0 aliphatic heterocycles. The van der Waals surface area contributed by atoms with Crippen molar-refractivity contribution >= 4 is 40.7 Å². The highest BCUT2D eigenvalue weighted by Crippen LogP contribution is 2.49. The van der Waals surface area contributed by atoms with Crippen LogP contribution in [0.4, 0.5) is 19.3 Å². The average Bonchev–Trinajstić information content (AvgIpc) is 3.62. The molecular formula is C29H22ClF2NO4S. The van der Waals surface area contributed by atoms with E-state index in [9.17, 15) is 23.5 Å². The Balaban J connectivity index is 1.40. The highest BCUT2D eigenvalue weighted by Gasteiger charge is 2.51. The second kappa shape index (κ2) is 10.2. The smallest absolute Gasteiger partial charge is 0.412 e. The van der Waals surface area contributed by atoms with Gasteiger partial charge in [-0.05, 0) is 54.7 Å². The molecule has 0 radical (unpaired) electrons. The fourth-order valence-electron chi connectivity index (χ4n) is 4.50. The number of thiophene rings is 1. The molecule has 1 unspecified atom stereocenters. The molecule has 1 fully saturated rings. The van der Waals surface area contributed by atoms with Crippen LogP contribution in [0.5, 0.6) is 0 Å². The summed E-state index contributed by atoms with van der Waals surface area (Å²) in [5.41, 5.74) is 3.02. The fraction of sp³-hybridized carbons (Fsp3) is 0.172. The first kappa shape index (κ1) is 25.9. The van der Waals surface area contributed by atoms with E-state index in [4.69, 9.17) is 16.3 Å². The number of aliphatic carboxylic acids is 1. The third-order valence-corrected chi connectivity index (χ3v) is 8.00. The maximum atomic E-state index is 14.1. The standard InChI is InChI=1S/C29H22ClF2NO4S/c1-16(20-11-10-19(31)14-23(20)32)37-28(36)33-24-15-25(30)38-26(24)22-5-3-2-4-21(22)17-6-8-18(9-7-17)29(12-13-29)27(34)35/h2-11,14-16H,12-13H2,1H3,(H,33,36)(H,34,35). The van der Waals surface area contributed by atoms with Crippen molar-refractivity contribution in [1.29, 1.82) is 0 Å². The van der Waals surface area contributed by atoms with Gasteiger partial charge in [0.1, 0.15) is 17.7 Å². The second-order valence-electron chi connectivity index (χ2n) is 9.14. The van der Waals surface area contributed by atoms with E-state index in [1.807, 2.05) is 48.5 Å². The zero-order valence-corrected chi connectivity index (χ0v) is 21.7. The van der Waals surface area contributed by atoms with Crippen molar-refractivity contribution in [3.8, 4) is 21.6 Å². The summed E-state index contributed by atoms with van der Waals surface area (Å²) in [6.07, 6.45) is -0.519. The third kappa shape index (κ3) is 5.01. The van der Waals surface area contributed by atoms with Crippen LogP contribution in [-0.2, 0) is 14.9 Å². The highest BCUT2D eigenvalue weighted by molar-refractivity contribution is 7.20. The van der Waals surface area contributed by atoms with Gasteiger partial charge in [0.2, 0.25) is 0 Å². The Labute approximate surface area is 226 Å². The quantitative estimate of drug-likeness (QED) is 0.241. The molecular weight excluding hydrogens is 532 g/mol. The van der Waals surface area contributed by atoms with Gasteiger partial charge in [-0.2, -0.15) is 0 Å². The van der Waals surface area contributed by atoms with Crippen LogP contribution in [0.3, 0.4) is 0 Å². The van der Waals surface area contributed by atoms with Crippen LogP contribution >= 0.6 is 22.9 Å². The molecule has 1 heterocycles. The van der Waals surface area contributed by atoms with E-state index in [1.165, 1.54) is 24.3 Å². The summed E-state index contributed by atoms with van der Waals surface area (Å²) in [6.45, 7) is 1.49. The monoisotopic (exact) mass is 553 g/mol. The largest absolute Gasteiger partial charge is 0.481 e.